The number of hydrogen-bond donors (Lipinski definition) is 2. The molecule has 6 aromatic carbocycles. The Bertz CT molecular complexity index is 3310. The maximum Gasteiger partial charge on any atom is 0.416 e. The Labute approximate surface area is 483 Å². The van der Waals surface area contributed by atoms with Crippen LogP contribution in [0.4, 0.5) is 26.3 Å². The summed E-state index contributed by atoms with van der Waals surface area (Å²) in [6.07, 6.45) is -0.894. The lowest BCUT2D eigenvalue weighted by atomic mass is 10.00. The van der Waals surface area contributed by atoms with Crippen LogP contribution in [0.5, 0.6) is 23.0 Å². The second-order valence-corrected chi connectivity index (χ2v) is 20.8. The first-order chi connectivity index (χ1) is 40.3. The summed E-state index contributed by atoms with van der Waals surface area (Å²) in [5, 5.41) is 44.9. The van der Waals surface area contributed by atoms with E-state index in [9.17, 15) is 36.6 Å². The maximum absolute atomic E-state index is 13.7. The number of halogens is 6. The number of hydrogen-bond acceptors (Lipinski definition) is 14. The molecule has 2 fully saturated rings. The lowest BCUT2D eigenvalue weighted by Crippen LogP contribution is -2.48. The van der Waals surface area contributed by atoms with Gasteiger partial charge in [0.2, 0.25) is 0 Å². The average molecular weight is 1160 g/mol. The van der Waals surface area contributed by atoms with Crippen LogP contribution in [-0.4, -0.2) is 150 Å². The van der Waals surface area contributed by atoms with E-state index in [4.69, 9.17) is 9.47 Å². The summed E-state index contributed by atoms with van der Waals surface area (Å²) in [4.78, 5) is 8.86. The Morgan fingerprint density at radius 2 is 0.845 bits per heavy atom. The zero-order valence-electron chi connectivity index (χ0n) is 47.4. The van der Waals surface area contributed by atoms with Crippen molar-refractivity contribution in [2.24, 2.45) is 0 Å². The predicted molar refractivity (Wildman–Crippen MR) is 307 cm³/mol. The summed E-state index contributed by atoms with van der Waals surface area (Å²) in [5.74, 6) is 1.95. The van der Waals surface area contributed by atoms with Gasteiger partial charge in [0.05, 0.1) is 48.8 Å². The lowest BCUT2D eigenvalue weighted by molar-refractivity contribution is -0.138. The van der Waals surface area contributed by atoms with Gasteiger partial charge in [0.1, 0.15) is 0 Å². The van der Waals surface area contributed by atoms with Gasteiger partial charge in [-0.05, 0) is 142 Å². The highest BCUT2D eigenvalue weighted by Gasteiger charge is 2.37. The third-order valence-corrected chi connectivity index (χ3v) is 15.1. The number of aryl methyl sites for hydroxylation is 4. The van der Waals surface area contributed by atoms with Crippen molar-refractivity contribution < 1.29 is 46.0 Å². The number of aromatic hydroxyl groups is 2. The van der Waals surface area contributed by atoms with Crippen molar-refractivity contribution in [3.05, 3.63) is 201 Å². The van der Waals surface area contributed by atoms with Crippen molar-refractivity contribution in [3.63, 3.8) is 0 Å². The average Bonchev–Trinajstić information content (AvgIpc) is 4.34. The fourth-order valence-electron chi connectivity index (χ4n) is 10.8. The standard InChI is InChI=1S/2C31H33F3N6O2/c2*1-21-7-4-8-22(2)28(21)40-30(35-36-37-40)29(24-10-5-11-25(20-24)31(32,33)34)39-17-15-38(16-18-39)14-6-9-23-12-13-26(41)27(19-23)42-3/h2*4-13,19-20,29,41H,14-18H2,1-3H3/b2*9-6+/t2*29-/m10/s1. The van der Waals surface area contributed by atoms with E-state index in [2.05, 4.69) is 50.7 Å². The van der Waals surface area contributed by atoms with Crippen molar-refractivity contribution in [1.29, 1.82) is 0 Å². The molecule has 84 heavy (non-hydrogen) atoms. The lowest BCUT2D eigenvalue weighted by Gasteiger charge is -2.38. The van der Waals surface area contributed by atoms with Crippen molar-refractivity contribution in [2.45, 2.75) is 52.1 Å². The molecule has 2 atom stereocenters. The van der Waals surface area contributed by atoms with Gasteiger partial charge in [-0.25, -0.2) is 0 Å². The van der Waals surface area contributed by atoms with E-state index in [-0.39, 0.29) is 11.5 Å². The molecule has 0 spiro atoms. The van der Waals surface area contributed by atoms with Crippen LogP contribution < -0.4 is 9.47 Å². The molecule has 2 aliphatic rings. The normalized spacial score (nSPS) is 15.8. The molecule has 4 heterocycles. The number of alkyl halides is 6. The van der Waals surface area contributed by atoms with E-state index in [1.165, 1.54) is 38.5 Å². The van der Waals surface area contributed by atoms with Crippen molar-refractivity contribution in [3.8, 4) is 34.4 Å². The van der Waals surface area contributed by atoms with Crippen LogP contribution in [-0.2, 0) is 12.4 Å². The van der Waals surface area contributed by atoms with Gasteiger partial charge in [0.25, 0.3) is 0 Å². The number of methoxy groups -OCH3 is 2. The van der Waals surface area contributed by atoms with E-state index in [0.717, 1.165) is 56.9 Å². The number of aromatic nitrogens is 8. The molecule has 440 valence electrons. The van der Waals surface area contributed by atoms with Crippen LogP contribution in [0.2, 0.25) is 0 Å². The number of tetrazole rings is 2. The summed E-state index contributed by atoms with van der Waals surface area (Å²) in [7, 11) is 3.02. The van der Waals surface area contributed by atoms with Gasteiger partial charge in [-0.15, -0.1) is 10.2 Å². The van der Waals surface area contributed by atoms with Crippen LogP contribution in [0.3, 0.4) is 0 Å². The van der Waals surface area contributed by atoms with Crippen LogP contribution in [0, 0.1) is 27.7 Å². The Morgan fingerprint density at radius 1 is 0.488 bits per heavy atom. The fraction of sp³-hybridized carbons (Fsp3) is 0.323. The Hall–Kier alpha value is -8.44. The number of piperazine rings is 2. The molecule has 2 aromatic heterocycles. The highest BCUT2D eigenvalue weighted by molar-refractivity contribution is 5.57. The summed E-state index contributed by atoms with van der Waals surface area (Å²) in [6.45, 7) is 14.6. The molecule has 0 amide bonds. The molecule has 2 N–H and O–H groups in total. The third-order valence-electron chi connectivity index (χ3n) is 15.1. The highest BCUT2D eigenvalue weighted by atomic mass is 19.4. The van der Waals surface area contributed by atoms with Gasteiger partial charge in [-0.1, -0.05) is 97.1 Å². The third kappa shape index (κ3) is 14.1. The summed E-state index contributed by atoms with van der Waals surface area (Å²) in [5.41, 5.74) is 6.90. The molecule has 2 saturated heterocycles. The van der Waals surface area contributed by atoms with Gasteiger partial charge in [-0.2, -0.15) is 35.7 Å². The van der Waals surface area contributed by atoms with Gasteiger partial charge in [0, 0.05) is 65.4 Å². The second kappa shape index (κ2) is 26.4. The van der Waals surface area contributed by atoms with Gasteiger partial charge in [0.15, 0.2) is 34.6 Å². The minimum absolute atomic E-state index is 0.0877. The van der Waals surface area contributed by atoms with E-state index in [0.29, 0.717) is 99.7 Å². The van der Waals surface area contributed by atoms with Crippen LogP contribution in [0.1, 0.15) is 79.4 Å². The van der Waals surface area contributed by atoms with Crippen LogP contribution in [0.15, 0.2) is 133 Å². The molecule has 0 saturated carbocycles. The zero-order valence-corrected chi connectivity index (χ0v) is 47.4. The number of phenolic OH excluding ortho intramolecular Hbond substituents is 2. The van der Waals surface area contributed by atoms with E-state index < -0.39 is 35.6 Å². The van der Waals surface area contributed by atoms with Gasteiger partial charge >= 0.3 is 12.4 Å². The molecule has 0 radical (unpaired) electrons. The molecule has 0 unspecified atom stereocenters. The summed E-state index contributed by atoms with van der Waals surface area (Å²) in [6, 6.07) is 31.8. The molecule has 16 nitrogen and oxygen atoms in total. The van der Waals surface area contributed by atoms with Gasteiger partial charge < -0.3 is 19.7 Å². The van der Waals surface area contributed by atoms with Crippen LogP contribution >= 0.6 is 0 Å². The topological polar surface area (TPSA) is 159 Å². The van der Waals surface area contributed by atoms with E-state index in [1.807, 2.05) is 101 Å². The largest absolute Gasteiger partial charge is 0.504 e. The van der Waals surface area contributed by atoms with Gasteiger partial charge in [-0.3, -0.25) is 19.6 Å². The molecule has 10 rings (SSSR count). The predicted octanol–water partition coefficient (Wildman–Crippen LogP) is 10.9. The van der Waals surface area contributed by atoms with E-state index >= 15 is 0 Å². The number of benzene rings is 6. The summed E-state index contributed by atoms with van der Waals surface area (Å²) >= 11 is 0. The minimum Gasteiger partial charge on any atom is -0.504 e. The quantitative estimate of drug-likeness (QED) is 0.0880. The SMILES string of the molecule is COc1cc(/C=C/CN2CCN([C@@H](c3cccc(C(F)(F)F)c3)c3nnnn3-c3c(C)cccc3C)CC2)ccc1O.COc1cc(/C=C/CN2CCN([C@H](c3cccc(C(F)(F)F)c3)c3nnnn3-c3c(C)cccc3C)CC2)ccc1O. The smallest absolute Gasteiger partial charge is 0.416 e. The fourth-order valence-corrected chi connectivity index (χ4v) is 10.8. The molecule has 8 aromatic rings. The maximum atomic E-state index is 13.7. The van der Waals surface area contributed by atoms with Crippen LogP contribution in [0.25, 0.3) is 23.5 Å². The Morgan fingerprint density at radius 3 is 1.19 bits per heavy atom. The highest BCUT2D eigenvalue weighted by Crippen LogP contribution is 2.38. The van der Waals surface area contributed by atoms with Crippen molar-refractivity contribution in [2.75, 3.05) is 79.7 Å². The first-order valence-corrected chi connectivity index (χ1v) is 27.3. The molecule has 0 bridgehead atoms. The zero-order chi connectivity index (χ0) is 59.7. The Balaban J connectivity index is 0.000000202. The first kappa shape index (κ1) is 60.2. The molecular formula is C62H66F6N12O4. The summed E-state index contributed by atoms with van der Waals surface area (Å²) < 4.78 is 96.1. The Kier molecular flexibility index (Phi) is 18.9. The van der Waals surface area contributed by atoms with E-state index in [1.54, 1.807) is 45.8 Å². The monoisotopic (exact) mass is 1160 g/mol. The number of rotatable bonds is 16. The molecule has 2 aliphatic heterocycles. The van der Waals surface area contributed by atoms with Crippen molar-refractivity contribution in [1.82, 2.24) is 60.0 Å². The second-order valence-electron chi connectivity index (χ2n) is 20.8. The number of ether oxygens (including phenoxy) is 2. The number of phenols is 2. The number of para-hydroxylation sites is 2. The molecule has 0 aliphatic carbocycles. The van der Waals surface area contributed by atoms with Crippen molar-refractivity contribution >= 4 is 12.2 Å². The number of nitrogens with zero attached hydrogens (tertiary/aromatic N) is 12. The molecular weight excluding hydrogens is 1090 g/mol. The molecule has 22 heteroatoms. The first-order valence-electron chi connectivity index (χ1n) is 27.3. The minimum atomic E-state index is -4.47.